The van der Waals surface area contributed by atoms with E-state index in [1.807, 2.05) is 0 Å². The van der Waals surface area contributed by atoms with Crippen LogP contribution in [0.2, 0.25) is 0 Å². The van der Waals surface area contributed by atoms with Crippen LogP contribution < -0.4 is 5.32 Å². The zero-order valence-corrected chi connectivity index (χ0v) is 10.6. The smallest absolute Gasteiger partial charge is 0.326 e. The first-order chi connectivity index (χ1) is 8.15. The number of thiophene rings is 1. The molecule has 0 aliphatic heterocycles. The predicted molar refractivity (Wildman–Crippen MR) is 67.4 cm³/mol. The molecule has 1 aromatic rings. The lowest BCUT2D eigenvalue weighted by Crippen LogP contribution is -2.40. The molecule has 0 spiro atoms. The summed E-state index contributed by atoms with van der Waals surface area (Å²) in [6.45, 7) is 2.06. The van der Waals surface area contributed by atoms with Crippen LogP contribution in [0.5, 0.6) is 0 Å². The van der Waals surface area contributed by atoms with Crippen molar-refractivity contribution in [2.75, 3.05) is 0 Å². The monoisotopic (exact) mass is 255 g/mol. The van der Waals surface area contributed by atoms with Crippen molar-refractivity contribution >= 4 is 23.2 Å². The van der Waals surface area contributed by atoms with Crippen LogP contribution in [0.25, 0.3) is 0 Å². The van der Waals surface area contributed by atoms with Gasteiger partial charge in [-0.3, -0.25) is 4.79 Å². The summed E-state index contributed by atoms with van der Waals surface area (Å²) in [5.74, 6) is -1.28. The van der Waals surface area contributed by atoms with Crippen molar-refractivity contribution in [3.8, 4) is 0 Å². The number of hydrogen-bond donors (Lipinski definition) is 2. The average Bonchev–Trinajstić information content (AvgIpc) is 2.81. The van der Waals surface area contributed by atoms with Gasteiger partial charge in [-0.25, -0.2) is 4.79 Å². The van der Waals surface area contributed by atoms with Gasteiger partial charge in [0.05, 0.1) is 5.56 Å². The Morgan fingerprint density at radius 3 is 2.76 bits per heavy atom. The van der Waals surface area contributed by atoms with Gasteiger partial charge in [0.15, 0.2) is 0 Å². The van der Waals surface area contributed by atoms with E-state index in [1.54, 1.807) is 16.8 Å². The second-order valence-electron chi connectivity index (χ2n) is 3.87. The van der Waals surface area contributed by atoms with Crippen LogP contribution in [0.4, 0.5) is 0 Å². The van der Waals surface area contributed by atoms with E-state index in [4.69, 9.17) is 5.11 Å². The highest BCUT2D eigenvalue weighted by atomic mass is 32.1. The van der Waals surface area contributed by atoms with E-state index in [0.29, 0.717) is 12.0 Å². The van der Waals surface area contributed by atoms with Crippen molar-refractivity contribution in [3.05, 3.63) is 22.4 Å². The van der Waals surface area contributed by atoms with Gasteiger partial charge in [-0.05, 0) is 17.9 Å². The first kappa shape index (κ1) is 13.7. The lowest BCUT2D eigenvalue weighted by molar-refractivity contribution is -0.139. The third kappa shape index (κ3) is 4.56. The Morgan fingerprint density at radius 2 is 2.24 bits per heavy atom. The molecule has 1 amide bonds. The fraction of sp³-hybridized carbons (Fsp3) is 0.500. The molecule has 0 unspecified atom stereocenters. The number of carboxylic acids is 1. The van der Waals surface area contributed by atoms with Crippen LogP contribution in [0, 0.1) is 0 Å². The molecule has 0 fully saturated rings. The fourth-order valence-electron chi connectivity index (χ4n) is 1.49. The van der Waals surface area contributed by atoms with E-state index >= 15 is 0 Å². The Morgan fingerprint density at radius 1 is 1.47 bits per heavy atom. The highest BCUT2D eigenvalue weighted by molar-refractivity contribution is 7.08. The van der Waals surface area contributed by atoms with Gasteiger partial charge in [0.1, 0.15) is 6.04 Å². The molecule has 0 radical (unpaired) electrons. The van der Waals surface area contributed by atoms with Crippen LogP contribution in [-0.4, -0.2) is 23.0 Å². The highest BCUT2D eigenvalue weighted by Gasteiger charge is 2.20. The number of aliphatic carboxylic acids is 1. The quantitative estimate of drug-likeness (QED) is 0.736. The highest BCUT2D eigenvalue weighted by Crippen LogP contribution is 2.08. The minimum absolute atomic E-state index is 0.310. The molecular weight excluding hydrogens is 238 g/mol. The van der Waals surface area contributed by atoms with E-state index in [1.165, 1.54) is 11.3 Å². The average molecular weight is 255 g/mol. The van der Waals surface area contributed by atoms with Gasteiger partial charge in [0.25, 0.3) is 5.91 Å². The topological polar surface area (TPSA) is 66.4 Å². The first-order valence-corrected chi connectivity index (χ1v) is 6.65. The summed E-state index contributed by atoms with van der Waals surface area (Å²) in [7, 11) is 0. The number of carbonyl (C=O) groups is 2. The molecule has 17 heavy (non-hydrogen) atoms. The zero-order valence-electron chi connectivity index (χ0n) is 9.81. The first-order valence-electron chi connectivity index (χ1n) is 5.71. The molecular formula is C12H17NO3S. The number of rotatable bonds is 7. The van der Waals surface area contributed by atoms with Crippen LogP contribution in [0.15, 0.2) is 16.8 Å². The molecule has 1 rings (SSSR count). The molecule has 0 saturated heterocycles. The summed E-state index contributed by atoms with van der Waals surface area (Å²) in [5.41, 5.74) is 0.525. The maximum absolute atomic E-state index is 11.7. The molecule has 1 atom stereocenters. The fourth-order valence-corrected chi connectivity index (χ4v) is 2.13. The Balaban J connectivity index is 2.49. The normalized spacial score (nSPS) is 12.1. The van der Waals surface area contributed by atoms with Crippen LogP contribution >= 0.6 is 11.3 Å². The summed E-state index contributed by atoms with van der Waals surface area (Å²) in [5, 5.41) is 15.1. The van der Waals surface area contributed by atoms with Gasteiger partial charge in [0.2, 0.25) is 0 Å². The molecule has 0 aromatic carbocycles. The molecule has 1 aromatic heterocycles. The van der Waals surface area contributed by atoms with Gasteiger partial charge in [-0.1, -0.05) is 26.2 Å². The van der Waals surface area contributed by atoms with Crippen LogP contribution in [0.1, 0.15) is 43.0 Å². The Hall–Kier alpha value is -1.36. The van der Waals surface area contributed by atoms with Gasteiger partial charge in [-0.2, -0.15) is 11.3 Å². The lowest BCUT2D eigenvalue weighted by atomic mass is 10.1. The molecule has 94 valence electrons. The SMILES string of the molecule is CCCCC[C@H](NC(=O)c1ccsc1)C(=O)O. The Kier molecular flexibility index (Phi) is 5.69. The van der Waals surface area contributed by atoms with Crippen LogP contribution in [0.3, 0.4) is 0 Å². The van der Waals surface area contributed by atoms with E-state index in [2.05, 4.69) is 12.2 Å². The second kappa shape index (κ2) is 7.06. The second-order valence-corrected chi connectivity index (χ2v) is 4.65. The lowest BCUT2D eigenvalue weighted by Gasteiger charge is -2.13. The minimum Gasteiger partial charge on any atom is -0.480 e. The maximum atomic E-state index is 11.7. The molecule has 0 aliphatic carbocycles. The summed E-state index contributed by atoms with van der Waals surface area (Å²) < 4.78 is 0. The number of amides is 1. The molecule has 4 nitrogen and oxygen atoms in total. The number of hydrogen-bond acceptors (Lipinski definition) is 3. The van der Waals surface area contributed by atoms with Crippen molar-refractivity contribution in [1.29, 1.82) is 0 Å². The van der Waals surface area contributed by atoms with Crippen molar-refractivity contribution in [3.63, 3.8) is 0 Å². The summed E-state index contributed by atoms with van der Waals surface area (Å²) in [4.78, 5) is 22.7. The number of unbranched alkanes of at least 4 members (excludes halogenated alkanes) is 2. The molecule has 0 aliphatic rings. The van der Waals surface area contributed by atoms with Gasteiger partial charge in [-0.15, -0.1) is 0 Å². The summed E-state index contributed by atoms with van der Waals surface area (Å²) >= 11 is 1.42. The summed E-state index contributed by atoms with van der Waals surface area (Å²) in [6, 6.07) is 0.902. The molecule has 0 saturated carbocycles. The molecule has 2 N–H and O–H groups in total. The van der Waals surface area contributed by atoms with Crippen molar-refractivity contribution in [1.82, 2.24) is 5.32 Å². The van der Waals surface area contributed by atoms with Crippen molar-refractivity contribution in [2.45, 2.75) is 38.6 Å². The zero-order chi connectivity index (χ0) is 12.7. The third-order valence-corrected chi connectivity index (χ3v) is 3.17. The van der Waals surface area contributed by atoms with E-state index in [-0.39, 0.29) is 5.91 Å². The number of carbonyl (C=O) groups excluding carboxylic acids is 1. The molecule has 1 heterocycles. The molecule has 5 heteroatoms. The minimum atomic E-state index is -0.968. The Labute approximate surface area is 105 Å². The van der Waals surface area contributed by atoms with Gasteiger partial charge < -0.3 is 10.4 Å². The van der Waals surface area contributed by atoms with E-state index in [0.717, 1.165) is 19.3 Å². The van der Waals surface area contributed by atoms with E-state index < -0.39 is 12.0 Å². The van der Waals surface area contributed by atoms with Crippen molar-refractivity contribution in [2.24, 2.45) is 0 Å². The van der Waals surface area contributed by atoms with E-state index in [9.17, 15) is 9.59 Å². The standard InChI is InChI=1S/C12H17NO3S/c1-2-3-4-5-10(12(15)16)13-11(14)9-6-7-17-8-9/h6-8,10H,2-5H2,1H3,(H,13,14)(H,15,16)/t10-/m0/s1. The van der Waals surface area contributed by atoms with Gasteiger partial charge in [0, 0.05) is 5.38 Å². The summed E-state index contributed by atoms with van der Waals surface area (Å²) in [6.07, 6.45) is 3.32. The van der Waals surface area contributed by atoms with Crippen LogP contribution in [-0.2, 0) is 4.79 Å². The largest absolute Gasteiger partial charge is 0.480 e. The predicted octanol–water partition coefficient (Wildman–Crippen LogP) is 2.51. The van der Waals surface area contributed by atoms with Crippen molar-refractivity contribution < 1.29 is 14.7 Å². The number of carboxylic acid groups (broad SMARTS) is 1. The Bertz CT molecular complexity index is 362. The number of nitrogens with one attached hydrogen (secondary N) is 1. The molecule has 0 bridgehead atoms. The third-order valence-electron chi connectivity index (χ3n) is 2.48. The van der Waals surface area contributed by atoms with Gasteiger partial charge >= 0.3 is 5.97 Å². The maximum Gasteiger partial charge on any atom is 0.326 e.